The highest BCUT2D eigenvalue weighted by Crippen LogP contribution is 2.35. The zero-order chi connectivity index (χ0) is 14.9. The lowest BCUT2D eigenvalue weighted by molar-refractivity contribution is 0.0430. The molecule has 0 aliphatic carbocycles. The molecule has 1 amide bonds. The van der Waals surface area contributed by atoms with Crippen LogP contribution in [0.25, 0.3) is 0 Å². The van der Waals surface area contributed by atoms with E-state index in [2.05, 4.69) is 11.4 Å². The fourth-order valence-electron chi connectivity index (χ4n) is 3.16. The molecule has 2 aromatic rings. The summed E-state index contributed by atoms with van der Waals surface area (Å²) < 4.78 is 5.74. The van der Waals surface area contributed by atoms with Crippen molar-refractivity contribution in [2.75, 3.05) is 18.5 Å². The first-order valence-electron chi connectivity index (χ1n) is 7.64. The third kappa shape index (κ3) is 2.40. The zero-order valence-corrected chi connectivity index (χ0v) is 13.0. The van der Waals surface area contributed by atoms with Gasteiger partial charge in [-0.15, -0.1) is 11.3 Å². The van der Waals surface area contributed by atoms with Crippen LogP contribution in [0.4, 0.5) is 5.69 Å². The molecule has 0 bridgehead atoms. The molecule has 1 aromatic carbocycles. The van der Waals surface area contributed by atoms with Crippen molar-refractivity contribution in [3.05, 3.63) is 52.2 Å². The van der Waals surface area contributed by atoms with Gasteiger partial charge in [0.15, 0.2) is 0 Å². The summed E-state index contributed by atoms with van der Waals surface area (Å²) in [6.45, 7) is 1.45. The molecule has 3 heterocycles. The van der Waals surface area contributed by atoms with E-state index in [1.807, 2.05) is 40.6 Å². The molecular weight excluding hydrogens is 296 g/mol. The number of nitrogens with one attached hydrogen (secondary N) is 1. The molecule has 1 fully saturated rings. The number of para-hydroxylation sites is 1. The predicted molar refractivity (Wildman–Crippen MR) is 87.1 cm³/mol. The number of hydrogen-bond acceptors (Lipinski definition) is 4. The van der Waals surface area contributed by atoms with E-state index in [1.54, 1.807) is 11.3 Å². The lowest BCUT2D eigenvalue weighted by atomic mass is 10.1. The molecule has 0 saturated carbocycles. The molecule has 0 radical (unpaired) electrons. The molecule has 2 aliphatic rings. The SMILES string of the molecule is O=C1c2ccccc2N[C@@H](c2cccs2)N1C[C@@H]1CCCO1. The van der Waals surface area contributed by atoms with Crippen LogP contribution in [0.5, 0.6) is 0 Å². The summed E-state index contributed by atoms with van der Waals surface area (Å²) in [4.78, 5) is 16.0. The Labute approximate surface area is 133 Å². The number of ether oxygens (including phenoxy) is 1. The van der Waals surface area contributed by atoms with Crippen molar-refractivity contribution in [1.82, 2.24) is 4.90 Å². The smallest absolute Gasteiger partial charge is 0.257 e. The largest absolute Gasteiger partial charge is 0.376 e. The van der Waals surface area contributed by atoms with Crippen LogP contribution >= 0.6 is 11.3 Å². The molecule has 1 N–H and O–H groups in total. The van der Waals surface area contributed by atoms with Crippen molar-refractivity contribution in [2.24, 2.45) is 0 Å². The summed E-state index contributed by atoms with van der Waals surface area (Å²) in [6, 6.07) is 11.8. The number of anilines is 1. The fourth-order valence-corrected chi connectivity index (χ4v) is 3.95. The molecule has 2 atom stereocenters. The quantitative estimate of drug-likeness (QED) is 0.943. The first kappa shape index (κ1) is 13.8. The van der Waals surface area contributed by atoms with Crippen LogP contribution in [-0.2, 0) is 4.74 Å². The molecule has 1 saturated heterocycles. The molecule has 22 heavy (non-hydrogen) atoms. The van der Waals surface area contributed by atoms with Crippen molar-refractivity contribution in [1.29, 1.82) is 0 Å². The summed E-state index contributed by atoms with van der Waals surface area (Å²) >= 11 is 1.67. The molecule has 5 heteroatoms. The number of rotatable bonds is 3. The molecular formula is C17H18N2O2S. The molecule has 0 spiro atoms. The maximum atomic E-state index is 12.9. The molecule has 2 aliphatic heterocycles. The molecule has 4 rings (SSSR count). The summed E-state index contributed by atoms with van der Waals surface area (Å²) in [5, 5.41) is 5.56. The van der Waals surface area contributed by atoms with Gasteiger partial charge in [-0.2, -0.15) is 0 Å². The van der Waals surface area contributed by atoms with Crippen LogP contribution in [0.15, 0.2) is 41.8 Å². The van der Waals surface area contributed by atoms with Gasteiger partial charge in [0.05, 0.1) is 11.7 Å². The minimum absolute atomic E-state index is 0.0863. The maximum Gasteiger partial charge on any atom is 0.257 e. The van der Waals surface area contributed by atoms with E-state index in [0.717, 1.165) is 35.6 Å². The lowest BCUT2D eigenvalue weighted by Crippen LogP contribution is -2.46. The number of nitrogens with zero attached hydrogens (tertiary/aromatic N) is 1. The van der Waals surface area contributed by atoms with Gasteiger partial charge in [0.25, 0.3) is 5.91 Å². The number of fused-ring (bicyclic) bond motifs is 1. The minimum atomic E-state index is -0.105. The lowest BCUT2D eigenvalue weighted by Gasteiger charge is -2.38. The summed E-state index contributed by atoms with van der Waals surface area (Å²) in [5.74, 6) is 0.0863. The second-order valence-electron chi connectivity index (χ2n) is 5.70. The summed E-state index contributed by atoms with van der Waals surface area (Å²) in [5.41, 5.74) is 1.66. The van der Waals surface area contributed by atoms with E-state index < -0.39 is 0 Å². The molecule has 114 valence electrons. The summed E-state index contributed by atoms with van der Waals surface area (Å²) in [6.07, 6.45) is 2.16. The Hall–Kier alpha value is -1.85. The van der Waals surface area contributed by atoms with Crippen molar-refractivity contribution >= 4 is 22.9 Å². The molecule has 0 unspecified atom stereocenters. The summed E-state index contributed by atoms with van der Waals surface area (Å²) in [7, 11) is 0. The normalized spacial score (nSPS) is 24.2. The van der Waals surface area contributed by atoms with Crippen molar-refractivity contribution in [3.63, 3.8) is 0 Å². The Morgan fingerprint density at radius 2 is 2.18 bits per heavy atom. The Morgan fingerprint density at radius 3 is 2.95 bits per heavy atom. The number of benzene rings is 1. The van der Waals surface area contributed by atoms with Crippen molar-refractivity contribution in [3.8, 4) is 0 Å². The maximum absolute atomic E-state index is 12.9. The minimum Gasteiger partial charge on any atom is -0.376 e. The average molecular weight is 314 g/mol. The van der Waals surface area contributed by atoms with Crippen LogP contribution < -0.4 is 5.32 Å². The standard InChI is InChI=1S/C17H18N2O2S/c20-17-13-6-1-2-7-14(13)18-16(15-8-4-10-22-15)19(17)11-12-5-3-9-21-12/h1-2,4,6-8,10,12,16,18H,3,5,9,11H2/t12-,16+/m0/s1. The number of hydrogen-bond donors (Lipinski definition) is 1. The van der Waals surface area contributed by atoms with Crippen molar-refractivity contribution in [2.45, 2.75) is 25.1 Å². The van der Waals surface area contributed by atoms with E-state index in [-0.39, 0.29) is 18.2 Å². The number of carbonyl (C=O) groups is 1. The number of amides is 1. The van der Waals surface area contributed by atoms with E-state index in [4.69, 9.17) is 4.74 Å². The van der Waals surface area contributed by atoms with E-state index in [9.17, 15) is 4.79 Å². The van der Waals surface area contributed by atoms with Crippen LogP contribution in [-0.4, -0.2) is 30.1 Å². The van der Waals surface area contributed by atoms with Gasteiger partial charge in [0.2, 0.25) is 0 Å². The third-order valence-electron chi connectivity index (χ3n) is 4.26. The first-order chi connectivity index (χ1) is 10.8. The predicted octanol–water partition coefficient (Wildman–Crippen LogP) is 3.49. The fraction of sp³-hybridized carbons (Fsp3) is 0.353. The van der Waals surface area contributed by atoms with Crippen LogP contribution in [0.2, 0.25) is 0 Å². The van der Waals surface area contributed by atoms with E-state index >= 15 is 0 Å². The van der Waals surface area contributed by atoms with Gasteiger partial charge in [0.1, 0.15) is 6.17 Å². The van der Waals surface area contributed by atoms with Gasteiger partial charge < -0.3 is 15.0 Å². The topological polar surface area (TPSA) is 41.6 Å². The second-order valence-corrected chi connectivity index (χ2v) is 6.68. The van der Waals surface area contributed by atoms with Gasteiger partial charge in [0, 0.05) is 23.7 Å². The zero-order valence-electron chi connectivity index (χ0n) is 12.2. The number of carbonyl (C=O) groups excluding carboxylic acids is 1. The average Bonchev–Trinajstić information content (AvgIpc) is 3.23. The molecule has 4 nitrogen and oxygen atoms in total. The highest BCUT2D eigenvalue weighted by molar-refractivity contribution is 7.10. The van der Waals surface area contributed by atoms with Gasteiger partial charge in [-0.25, -0.2) is 0 Å². The first-order valence-corrected chi connectivity index (χ1v) is 8.52. The third-order valence-corrected chi connectivity index (χ3v) is 5.18. The van der Waals surface area contributed by atoms with Crippen LogP contribution in [0.3, 0.4) is 0 Å². The van der Waals surface area contributed by atoms with Crippen LogP contribution in [0.1, 0.15) is 34.2 Å². The molecule has 1 aromatic heterocycles. The van der Waals surface area contributed by atoms with Gasteiger partial charge in [-0.05, 0) is 36.4 Å². The van der Waals surface area contributed by atoms with Gasteiger partial charge >= 0.3 is 0 Å². The Bertz CT molecular complexity index is 665. The number of thiophene rings is 1. The van der Waals surface area contributed by atoms with E-state index in [1.165, 1.54) is 0 Å². The Kier molecular flexibility index (Phi) is 3.60. The monoisotopic (exact) mass is 314 g/mol. The van der Waals surface area contributed by atoms with Gasteiger partial charge in [-0.1, -0.05) is 18.2 Å². The highest BCUT2D eigenvalue weighted by Gasteiger charge is 2.35. The van der Waals surface area contributed by atoms with Crippen molar-refractivity contribution < 1.29 is 9.53 Å². The second kappa shape index (κ2) is 5.74. The Morgan fingerprint density at radius 1 is 1.27 bits per heavy atom. The van der Waals surface area contributed by atoms with Gasteiger partial charge in [-0.3, -0.25) is 4.79 Å². The highest BCUT2D eigenvalue weighted by atomic mass is 32.1. The van der Waals surface area contributed by atoms with E-state index in [0.29, 0.717) is 6.54 Å². The van der Waals surface area contributed by atoms with Crippen LogP contribution in [0, 0.1) is 0 Å². The Balaban J connectivity index is 1.69.